The number of aromatic hydroxyl groups is 2. The fourth-order valence-corrected chi connectivity index (χ4v) is 7.30. The van der Waals surface area contributed by atoms with Crippen molar-refractivity contribution in [2.75, 3.05) is 21.3 Å². The van der Waals surface area contributed by atoms with Gasteiger partial charge in [0.25, 0.3) is 0 Å². The number of rotatable bonds is 7. The molecule has 3 aromatic carbocycles. The first kappa shape index (κ1) is 60.3. The first-order valence-electron chi connectivity index (χ1n) is 20.7. The fourth-order valence-electron chi connectivity index (χ4n) is 6.04. The third-order valence-electron chi connectivity index (χ3n) is 10.3. The minimum absolute atomic E-state index is 0. The molecule has 383 valence electrons. The Morgan fingerprint density at radius 3 is 1.75 bits per heavy atom. The van der Waals surface area contributed by atoms with Crippen LogP contribution in [0.15, 0.2) is 48.5 Å². The minimum Gasteiger partial charge on any atom is -0.0312 e. The molecule has 1 saturated carbocycles. The summed E-state index contributed by atoms with van der Waals surface area (Å²) in [5.74, 6) is -2.55. The van der Waals surface area contributed by atoms with Crippen LogP contribution >= 0.6 is 7.81 Å². The summed E-state index contributed by atoms with van der Waals surface area (Å²) in [6, 6.07) is 7.47. The maximum atomic E-state index is 14.9. The van der Waals surface area contributed by atoms with Gasteiger partial charge in [-0.2, -0.15) is 0 Å². The van der Waals surface area contributed by atoms with E-state index in [2.05, 4.69) is 21.3 Å². The Hall–Kier alpha value is -4.85. The van der Waals surface area contributed by atoms with Crippen LogP contribution in [-0.2, 0) is 43.0 Å². The first-order chi connectivity index (χ1) is 30.9. The van der Waals surface area contributed by atoms with Gasteiger partial charge in [0.15, 0.2) is 19.8 Å². The van der Waals surface area contributed by atoms with E-state index in [1.54, 1.807) is 52.0 Å². The number of likely N-dealkylation sites (N-methyl/N-ethyl adjacent to an activating group) is 1. The average Bonchev–Trinajstić information content (AvgIpc) is 3.79. The summed E-state index contributed by atoms with van der Waals surface area (Å²) in [5.41, 5.74) is 0.0975. The van der Waals surface area contributed by atoms with Crippen molar-refractivity contribution in [3.05, 3.63) is 103 Å². The number of hydrogen-bond donors (Lipinski definition) is 6. The van der Waals surface area contributed by atoms with E-state index < -0.39 is 69.8 Å². The fraction of sp³-hybridized carbons (Fsp3) is 0.400. The molecule has 2 aliphatic heterocycles. The van der Waals surface area contributed by atoms with Crippen LogP contribution in [0.25, 0.3) is 0 Å². The molecule has 3 aliphatic rings. The number of amides is 4. The summed E-state index contributed by atoms with van der Waals surface area (Å²) < 4.78 is 88.8. The molecular formula is C45H59F6N4O11PRuSi+. The van der Waals surface area contributed by atoms with Crippen LogP contribution in [0, 0.1) is 39.0 Å². The second-order valence-corrected chi connectivity index (χ2v) is 24.6. The van der Waals surface area contributed by atoms with Crippen molar-refractivity contribution in [1.82, 2.24) is 21.3 Å². The Bertz CT molecular complexity index is 2280. The van der Waals surface area contributed by atoms with Gasteiger partial charge in [-0.1, -0.05) is 32.9 Å². The smallest absolute Gasteiger partial charge is 0.0312 e. The van der Waals surface area contributed by atoms with E-state index >= 15 is 0 Å². The van der Waals surface area contributed by atoms with Crippen LogP contribution in [0.1, 0.15) is 82.0 Å². The number of benzene rings is 3. The van der Waals surface area contributed by atoms with Gasteiger partial charge in [0.05, 0.1) is 20.3 Å². The molecule has 69 heavy (non-hydrogen) atoms. The van der Waals surface area contributed by atoms with E-state index in [0.717, 1.165) is 0 Å². The zero-order chi connectivity index (χ0) is 51.9. The number of methoxy groups -OCH3 is 2. The monoisotopic (exact) mass is 1110 g/mol. The molecule has 0 unspecified atom stereocenters. The maximum absolute atomic E-state index is 14.9. The summed E-state index contributed by atoms with van der Waals surface area (Å²) in [7, 11) is -9.31. The van der Waals surface area contributed by atoms with E-state index in [1.165, 1.54) is 45.5 Å². The molecule has 6 N–H and O–H groups in total. The summed E-state index contributed by atoms with van der Waals surface area (Å²) >= 11 is 0. The zero-order valence-corrected chi connectivity index (χ0v) is 43.6. The Labute approximate surface area is 412 Å². The Morgan fingerprint density at radius 2 is 1.29 bits per heavy atom. The number of nitrogens with one attached hydrogen (secondary N) is 4. The summed E-state index contributed by atoms with van der Waals surface area (Å²) in [6.07, 6.45) is 7.94. The van der Waals surface area contributed by atoms with Crippen LogP contribution in [0.5, 0.6) is 34.5 Å². The number of ether oxygens (including phenoxy) is 4. The number of carbonyl (C=O) groups excluding carboxylic acids is 4. The van der Waals surface area contributed by atoms with Crippen molar-refractivity contribution < 1.29 is 97.4 Å². The molecule has 0 aromatic heterocycles. The van der Waals surface area contributed by atoms with E-state index in [9.17, 15) is 54.6 Å². The largest absolute Gasteiger partial charge is 2.00 e. The number of hydrogen-bond acceptors (Lipinski definition) is 11. The van der Waals surface area contributed by atoms with Gasteiger partial charge in [-0.25, -0.2) is 4.79 Å². The number of alkyl carbamates (subject to hydrolysis) is 1. The Kier molecular flexibility index (Phi) is 19.6. The first-order valence-corrected chi connectivity index (χ1v) is 25.7. The van der Waals surface area contributed by atoms with Crippen molar-refractivity contribution in [2.24, 2.45) is 0 Å². The molecule has 3 aromatic rings. The van der Waals surface area contributed by atoms with Crippen LogP contribution in [0.4, 0.5) is 30.0 Å². The van der Waals surface area contributed by atoms with E-state index in [-0.39, 0.29) is 70.1 Å². The van der Waals surface area contributed by atoms with Crippen molar-refractivity contribution in [3.63, 3.8) is 0 Å². The number of phenolic OH excluding ortho intramolecular Hbond substituents is 2. The molecule has 1 fully saturated rings. The number of halogens is 6. The van der Waals surface area contributed by atoms with E-state index in [4.69, 9.17) is 23.4 Å². The van der Waals surface area contributed by atoms with Gasteiger partial charge in [-0.15, -0.1) is 0 Å². The predicted molar refractivity (Wildman–Crippen MR) is 246 cm³/mol. The second kappa shape index (κ2) is 22.5. The van der Waals surface area contributed by atoms with E-state index in [0.29, 0.717) is 11.1 Å². The number of phenols is 2. The molecular weight excluding hydrogens is 1050 g/mol. The zero-order valence-electron chi connectivity index (χ0n) is 40.0. The minimum atomic E-state index is -10.7. The van der Waals surface area contributed by atoms with Gasteiger partial charge >= 0.3 is 58.6 Å². The molecule has 4 amide bonds. The third-order valence-corrected chi connectivity index (χ3v) is 14.8. The summed E-state index contributed by atoms with van der Waals surface area (Å²) in [5, 5.41) is 32.3. The number of carbonyl (C=O) groups is 4. The Morgan fingerprint density at radius 1 is 0.768 bits per heavy atom. The van der Waals surface area contributed by atoms with Crippen LogP contribution in [0.3, 0.4) is 0 Å². The van der Waals surface area contributed by atoms with Gasteiger partial charge < -0.3 is 54.9 Å². The molecule has 6 rings (SSSR count). The second-order valence-electron chi connectivity index (χ2n) is 18.0. The Balaban J connectivity index is 0.00000110. The molecule has 5 radical (unpaired) electrons. The summed E-state index contributed by atoms with van der Waals surface area (Å²) in [6.45, 7) is 16.7. The maximum Gasteiger partial charge on any atom is 2.00 e. The SMILES string of the molecule is CNC(=O)[C@@H]1NC(=O)[C@H](c2cc(O)c(C)c(OC)c2)NC(=O)[C@H](NC(=O)OC(C)(C)C)[C@H](O[Si](C)(C)C(C)(C)C)c2ccc(cc2)Oc2cc1cc(O)c2OC.F[P-](F)(F)(F)(F)F.[CH]1[CH][CH][CH][CH]1.[Ru+2]. The van der Waals surface area contributed by atoms with Crippen molar-refractivity contribution in [1.29, 1.82) is 0 Å². The van der Waals surface area contributed by atoms with Gasteiger partial charge in [0.2, 0.25) is 23.5 Å². The van der Waals surface area contributed by atoms with Crippen molar-refractivity contribution in [3.8, 4) is 34.5 Å². The molecule has 0 spiro atoms. The van der Waals surface area contributed by atoms with Crippen LogP contribution in [0.2, 0.25) is 18.1 Å². The quantitative estimate of drug-likeness (QED) is 0.0747. The standard InChI is InChI=1S/C40H54N4O11Si.C5H5.F6P.Ru/c1-21-26(45)17-23(19-28(21)51-9)31-36(48)42-30(35(47)41-8)24-18-27(46)34(52-10)29(20-24)53-25-15-13-22(14-16-25)33(55-56(11,12)40(5,6)7)32(37(49)43-31)44-38(50)54-39(2,3)4;1-2-4-5-3-1;1-7(2,3,4,5)6;/h13-20,30-33,45-46H,1-12H3,(H,41,47)(H,42,48)(H,43,49)(H,44,50);1-5H;;/q;;-1;+2/t30-,31+,32-,33-;;;/m1.../s1. The predicted octanol–water partition coefficient (Wildman–Crippen LogP) is 10.3. The summed E-state index contributed by atoms with van der Waals surface area (Å²) in [4.78, 5) is 56.4. The molecule has 0 saturated heterocycles. The van der Waals surface area contributed by atoms with Crippen molar-refractivity contribution >= 4 is 39.9 Å². The topological polar surface area (TPSA) is 203 Å². The molecule has 4 bridgehead atoms. The van der Waals surface area contributed by atoms with Gasteiger partial charge in [0.1, 0.15) is 41.0 Å². The van der Waals surface area contributed by atoms with Gasteiger partial charge in [0, 0.05) is 12.6 Å². The molecule has 24 heteroatoms. The molecule has 15 nitrogen and oxygen atoms in total. The van der Waals surface area contributed by atoms with Crippen LogP contribution < -0.4 is 35.5 Å². The number of fused-ring (bicyclic) bond motifs is 9. The van der Waals surface area contributed by atoms with E-state index in [1.807, 2.05) is 66.0 Å². The normalized spacial score (nSPS) is 19.7. The van der Waals surface area contributed by atoms with Crippen molar-refractivity contribution in [2.45, 2.75) is 96.4 Å². The molecule has 1 aliphatic carbocycles. The average molecular weight is 1110 g/mol. The van der Waals surface area contributed by atoms with Gasteiger partial charge in [-0.3, -0.25) is 14.4 Å². The van der Waals surface area contributed by atoms with Crippen LogP contribution in [-0.4, -0.2) is 75.3 Å². The van der Waals surface area contributed by atoms with Gasteiger partial charge in [-0.05, 0) is 131 Å². The third kappa shape index (κ3) is 19.1. The molecule has 4 atom stereocenters. The molecule has 2 heterocycles.